The number of carbonyl (C=O) groups is 1. The smallest absolute Gasteiger partial charge is 0.291 e. The molecule has 2 aromatic heterocycles. The van der Waals surface area contributed by atoms with Crippen molar-refractivity contribution in [3.05, 3.63) is 94.2 Å². The Labute approximate surface area is 194 Å². The van der Waals surface area contributed by atoms with Crippen LogP contribution in [0.25, 0.3) is 33.7 Å². The number of benzene rings is 3. The number of carbonyl (C=O) groups excluding carboxylic acids is 1. The molecule has 0 aliphatic heterocycles. The number of nitrogens with one attached hydrogen (secondary N) is 2. The number of para-hydroxylation sites is 2. The van der Waals surface area contributed by atoms with Crippen molar-refractivity contribution in [2.45, 2.75) is 6.92 Å². The molecular formula is C25H17Cl2N3O2. The van der Waals surface area contributed by atoms with E-state index < -0.39 is 0 Å². The van der Waals surface area contributed by atoms with Gasteiger partial charge in [0.2, 0.25) is 0 Å². The Kier molecular flexibility index (Phi) is 5.21. The number of aryl methyl sites for hydroxylation is 1. The summed E-state index contributed by atoms with van der Waals surface area (Å²) in [6.07, 6.45) is 0. The van der Waals surface area contributed by atoms with Gasteiger partial charge in [-0.15, -0.1) is 0 Å². The molecule has 0 spiro atoms. The van der Waals surface area contributed by atoms with Gasteiger partial charge in [0.25, 0.3) is 5.91 Å². The monoisotopic (exact) mass is 461 g/mol. The Bertz CT molecular complexity index is 1440. The van der Waals surface area contributed by atoms with Crippen molar-refractivity contribution >= 4 is 45.8 Å². The van der Waals surface area contributed by atoms with E-state index in [0.29, 0.717) is 27.1 Å². The first-order valence-electron chi connectivity index (χ1n) is 9.90. The summed E-state index contributed by atoms with van der Waals surface area (Å²) in [5.41, 5.74) is 4.93. The van der Waals surface area contributed by atoms with Gasteiger partial charge >= 0.3 is 0 Å². The van der Waals surface area contributed by atoms with Gasteiger partial charge in [0, 0.05) is 21.8 Å². The number of halogens is 2. The molecule has 0 aliphatic rings. The van der Waals surface area contributed by atoms with Crippen LogP contribution in [0, 0.1) is 6.92 Å². The van der Waals surface area contributed by atoms with Crippen LogP contribution >= 0.6 is 23.2 Å². The third-order valence-electron chi connectivity index (χ3n) is 5.17. The maximum atomic E-state index is 12.9. The fourth-order valence-corrected chi connectivity index (χ4v) is 3.85. The van der Waals surface area contributed by atoms with Crippen LogP contribution in [-0.2, 0) is 0 Å². The van der Waals surface area contributed by atoms with E-state index in [1.807, 2.05) is 49.4 Å². The topological polar surface area (TPSA) is 70.9 Å². The van der Waals surface area contributed by atoms with E-state index in [9.17, 15) is 4.79 Å². The maximum absolute atomic E-state index is 12.9. The highest BCUT2D eigenvalue weighted by atomic mass is 35.5. The summed E-state index contributed by atoms with van der Waals surface area (Å²) in [5, 5.41) is 3.95. The van der Waals surface area contributed by atoms with Crippen molar-refractivity contribution in [2.24, 2.45) is 0 Å². The molecule has 7 heteroatoms. The molecule has 0 aliphatic carbocycles. The van der Waals surface area contributed by atoms with Gasteiger partial charge in [0.1, 0.15) is 11.6 Å². The van der Waals surface area contributed by atoms with Crippen LogP contribution < -0.4 is 5.32 Å². The molecule has 5 nitrogen and oxygen atoms in total. The van der Waals surface area contributed by atoms with Crippen LogP contribution in [0.15, 0.2) is 77.2 Å². The molecule has 0 radical (unpaired) electrons. The summed E-state index contributed by atoms with van der Waals surface area (Å²) >= 11 is 12.3. The second-order valence-electron chi connectivity index (χ2n) is 7.37. The number of furan rings is 1. The molecular weight excluding hydrogens is 445 g/mol. The Morgan fingerprint density at radius 1 is 1.00 bits per heavy atom. The molecule has 2 heterocycles. The van der Waals surface area contributed by atoms with Crippen LogP contribution in [0.2, 0.25) is 10.0 Å². The first-order chi connectivity index (χ1) is 15.5. The zero-order valence-corrected chi connectivity index (χ0v) is 18.5. The van der Waals surface area contributed by atoms with Crippen molar-refractivity contribution in [1.29, 1.82) is 0 Å². The van der Waals surface area contributed by atoms with E-state index in [2.05, 4.69) is 15.3 Å². The van der Waals surface area contributed by atoms with Crippen molar-refractivity contribution in [1.82, 2.24) is 9.97 Å². The molecule has 32 heavy (non-hydrogen) atoms. The van der Waals surface area contributed by atoms with Gasteiger partial charge in [-0.2, -0.15) is 0 Å². The largest absolute Gasteiger partial charge is 0.451 e. The number of H-pyrrole nitrogens is 1. The normalized spacial score (nSPS) is 11.1. The van der Waals surface area contributed by atoms with E-state index in [1.165, 1.54) is 0 Å². The minimum Gasteiger partial charge on any atom is -0.451 e. The molecule has 0 fully saturated rings. The fraction of sp³-hybridized carbons (Fsp3) is 0.0400. The zero-order chi connectivity index (χ0) is 22.2. The zero-order valence-electron chi connectivity index (χ0n) is 16.9. The van der Waals surface area contributed by atoms with Crippen LogP contribution in [0.3, 0.4) is 0 Å². The predicted molar refractivity (Wildman–Crippen MR) is 128 cm³/mol. The average molecular weight is 462 g/mol. The van der Waals surface area contributed by atoms with Crippen molar-refractivity contribution in [3.63, 3.8) is 0 Å². The van der Waals surface area contributed by atoms with Gasteiger partial charge in [-0.05, 0) is 61.0 Å². The summed E-state index contributed by atoms with van der Waals surface area (Å²) in [6, 6.07) is 22.0. The van der Waals surface area contributed by atoms with E-state index in [-0.39, 0.29) is 11.7 Å². The van der Waals surface area contributed by atoms with Gasteiger partial charge in [0.15, 0.2) is 5.76 Å². The number of hydrogen-bond donors (Lipinski definition) is 2. The van der Waals surface area contributed by atoms with Crippen LogP contribution in [0.4, 0.5) is 5.69 Å². The molecule has 0 unspecified atom stereocenters. The highest BCUT2D eigenvalue weighted by Crippen LogP contribution is 2.32. The fourth-order valence-electron chi connectivity index (χ4n) is 3.47. The molecule has 0 saturated heterocycles. The minimum atomic E-state index is -0.362. The number of aromatic nitrogens is 2. The lowest BCUT2D eigenvalue weighted by molar-refractivity contribution is 0.0997. The molecule has 0 bridgehead atoms. The number of hydrogen-bond acceptors (Lipinski definition) is 3. The van der Waals surface area contributed by atoms with Gasteiger partial charge < -0.3 is 14.7 Å². The standard InChI is InChI=1S/C25H17Cl2N3O2/c1-14-6-7-15(24-28-19-4-2-3-5-20(19)29-24)12-21(14)30-25(31)23-11-10-22(32-23)17-13-16(26)8-9-18(17)27/h2-13H,1H3,(H,28,29)(H,30,31). The third kappa shape index (κ3) is 3.88. The minimum absolute atomic E-state index is 0.171. The average Bonchev–Trinajstić information content (AvgIpc) is 3.44. The van der Waals surface area contributed by atoms with Crippen molar-refractivity contribution < 1.29 is 9.21 Å². The summed E-state index contributed by atoms with van der Waals surface area (Å²) in [6.45, 7) is 1.93. The number of imidazole rings is 1. The van der Waals surface area contributed by atoms with E-state index in [4.69, 9.17) is 27.6 Å². The molecule has 158 valence electrons. The maximum Gasteiger partial charge on any atom is 0.291 e. The Morgan fingerprint density at radius 3 is 2.69 bits per heavy atom. The molecule has 2 N–H and O–H groups in total. The summed E-state index contributed by atoms with van der Waals surface area (Å²) in [5.74, 6) is 1.01. The van der Waals surface area contributed by atoms with Gasteiger partial charge in [-0.1, -0.05) is 47.5 Å². The Hall–Kier alpha value is -3.54. The first kappa shape index (κ1) is 20.4. The number of anilines is 1. The second kappa shape index (κ2) is 8.19. The van der Waals surface area contributed by atoms with Crippen LogP contribution in [0.1, 0.15) is 16.1 Å². The third-order valence-corrected chi connectivity index (χ3v) is 5.74. The number of rotatable bonds is 4. The summed E-state index contributed by atoms with van der Waals surface area (Å²) in [7, 11) is 0. The van der Waals surface area contributed by atoms with E-state index in [1.54, 1.807) is 30.3 Å². The molecule has 1 amide bonds. The first-order valence-corrected chi connectivity index (χ1v) is 10.7. The SMILES string of the molecule is Cc1ccc(-c2nc3ccccc3[nH]2)cc1NC(=O)c1ccc(-c2cc(Cl)ccc2Cl)o1. The number of amides is 1. The lowest BCUT2D eigenvalue weighted by Crippen LogP contribution is -2.12. The number of fused-ring (bicyclic) bond motifs is 1. The molecule has 0 atom stereocenters. The number of nitrogens with zero attached hydrogens (tertiary/aromatic N) is 1. The quantitative estimate of drug-likeness (QED) is 0.293. The summed E-state index contributed by atoms with van der Waals surface area (Å²) < 4.78 is 5.76. The molecule has 5 aromatic rings. The lowest BCUT2D eigenvalue weighted by atomic mass is 10.1. The van der Waals surface area contributed by atoms with Gasteiger partial charge in [-0.3, -0.25) is 4.79 Å². The second-order valence-corrected chi connectivity index (χ2v) is 8.22. The molecule has 5 rings (SSSR count). The Morgan fingerprint density at radius 2 is 1.84 bits per heavy atom. The predicted octanol–water partition coefficient (Wildman–Crippen LogP) is 7.36. The lowest BCUT2D eigenvalue weighted by Gasteiger charge is -2.09. The van der Waals surface area contributed by atoms with Gasteiger partial charge in [-0.25, -0.2) is 4.98 Å². The number of aromatic amines is 1. The summed E-state index contributed by atoms with van der Waals surface area (Å²) in [4.78, 5) is 20.8. The van der Waals surface area contributed by atoms with Crippen molar-refractivity contribution in [2.75, 3.05) is 5.32 Å². The van der Waals surface area contributed by atoms with Crippen LogP contribution in [-0.4, -0.2) is 15.9 Å². The molecule has 3 aromatic carbocycles. The van der Waals surface area contributed by atoms with Crippen molar-refractivity contribution in [3.8, 4) is 22.7 Å². The van der Waals surface area contributed by atoms with Crippen LogP contribution in [0.5, 0.6) is 0 Å². The highest BCUT2D eigenvalue weighted by Gasteiger charge is 2.16. The van der Waals surface area contributed by atoms with E-state index in [0.717, 1.165) is 28.0 Å². The van der Waals surface area contributed by atoms with Gasteiger partial charge in [0.05, 0.1) is 16.1 Å². The van der Waals surface area contributed by atoms with E-state index >= 15 is 0 Å². The molecule has 0 saturated carbocycles. The Balaban J connectivity index is 1.42. The highest BCUT2D eigenvalue weighted by molar-refractivity contribution is 6.35.